The maximum Gasteiger partial charge on any atom is 0.303 e. The van der Waals surface area contributed by atoms with Crippen LogP contribution in [-0.2, 0) is 15.8 Å². The van der Waals surface area contributed by atoms with Crippen molar-refractivity contribution in [3.05, 3.63) is 48.0 Å². The number of hydroxylamine groups is 1. The minimum atomic E-state index is -4.00. The second-order valence-electron chi connectivity index (χ2n) is 7.87. The predicted octanol–water partition coefficient (Wildman–Crippen LogP) is 2.66. The van der Waals surface area contributed by atoms with E-state index < -0.39 is 31.6 Å². The molecule has 5 atom stereocenters. The van der Waals surface area contributed by atoms with E-state index >= 15 is 0 Å². The summed E-state index contributed by atoms with van der Waals surface area (Å²) in [5, 5.41) is 39.5. The van der Waals surface area contributed by atoms with Crippen LogP contribution < -0.4 is 0 Å². The monoisotopic (exact) mass is 441 g/mol. The quantitative estimate of drug-likeness (QED) is 0.144. The fraction of sp³-hybridized carbons (Fsp3) is 0.571. The van der Waals surface area contributed by atoms with E-state index in [-0.39, 0.29) is 31.5 Å². The lowest BCUT2D eigenvalue weighted by molar-refractivity contribution is -0.137. The van der Waals surface area contributed by atoms with Gasteiger partial charge >= 0.3 is 5.97 Å². The summed E-state index contributed by atoms with van der Waals surface area (Å²) in [6.45, 7) is -0.210. The molecule has 0 aliphatic heterocycles. The first kappa shape index (κ1) is 24.7. The minimum Gasteiger partial charge on any atom is -0.481 e. The van der Waals surface area contributed by atoms with Crippen LogP contribution in [0.15, 0.2) is 42.5 Å². The summed E-state index contributed by atoms with van der Waals surface area (Å²) in [4.78, 5) is 21.2. The molecule has 30 heavy (non-hydrogen) atoms. The Bertz CT molecular complexity index is 742. The highest BCUT2D eigenvalue weighted by atomic mass is 31.2. The zero-order chi connectivity index (χ0) is 22.1. The summed E-state index contributed by atoms with van der Waals surface area (Å²) in [5.74, 6) is -1.76. The zero-order valence-electron chi connectivity index (χ0n) is 17.0. The fourth-order valence-corrected chi connectivity index (χ4v) is 5.07. The third-order valence-corrected chi connectivity index (χ3v) is 7.32. The Morgan fingerprint density at radius 3 is 2.47 bits per heavy atom. The lowest BCUT2D eigenvalue weighted by Gasteiger charge is -2.28. The highest BCUT2D eigenvalue weighted by molar-refractivity contribution is 7.55. The Balaban J connectivity index is 1.89. The van der Waals surface area contributed by atoms with Crippen molar-refractivity contribution in [1.29, 1.82) is 0 Å². The Morgan fingerprint density at radius 1 is 1.13 bits per heavy atom. The maximum atomic E-state index is 12.6. The highest BCUT2D eigenvalue weighted by Crippen LogP contribution is 2.46. The van der Waals surface area contributed by atoms with Crippen LogP contribution in [0.4, 0.5) is 0 Å². The van der Waals surface area contributed by atoms with Gasteiger partial charge in [0.05, 0.1) is 12.2 Å². The fourth-order valence-electron chi connectivity index (χ4n) is 3.85. The van der Waals surface area contributed by atoms with Gasteiger partial charge in [0.2, 0.25) is 0 Å². The molecule has 0 bridgehead atoms. The molecule has 1 saturated carbocycles. The van der Waals surface area contributed by atoms with Gasteiger partial charge in [-0.1, -0.05) is 42.5 Å². The van der Waals surface area contributed by atoms with Gasteiger partial charge in [-0.25, -0.2) is 0 Å². The van der Waals surface area contributed by atoms with Crippen LogP contribution in [0.25, 0.3) is 0 Å². The van der Waals surface area contributed by atoms with Gasteiger partial charge in [-0.3, -0.25) is 9.36 Å². The smallest absolute Gasteiger partial charge is 0.303 e. The van der Waals surface area contributed by atoms with Crippen molar-refractivity contribution in [3.8, 4) is 0 Å². The molecule has 0 saturated heterocycles. The van der Waals surface area contributed by atoms with Crippen molar-refractivity contribution in [3.63, 3.8) is 0 Å². The van der Waals surface area contributed by atoms with Gasteiger partial charge in [0.25, 0.3) is 7.52 Å². The summed E-state index contributed by atoms with van der Waals surface area (Å²) in [5.41, 5.74) is 0.891. The molecule has 0 spiro atoms. The second kappa shape index (κ2) is 11.7. The molecule has 2 rings (SSSR count). The number of benzene rings is 1. The average molecular weight is 441 g/mol. The Labute approximate surface area is 176 Å². The van der Waals surface area contributed by atoms with E-state index in [2.05, 4.69) is 0 Å². The predicted molar refractivity (Wildman–Crippen MR) is 112 cm³/mol. The first-order valence-corrected chi connectivity index (χ1v) is 12.1. The van der Waals surface area contributed by atoms with Gasteiger partial charge in [0.15, 0.2) is 0 Å². The van der Waals surface area contributed by atoms with E-state index in [9.17, 15) is 29.7 Å². The number of aryl methyl sites for hydroxylation is 1. The van der Waals surface area contributed by atoms with Crippen molar-refractivity contribution in [2.24, 2.45) is 11.8 Å². The Kier molecular flexibility index (Phi) is 9.68. The van der Waals surface area contributed by atoms with Crippen LogP contribution in [0.3, 0.4) is 0 Å². The second-order valence-corrected chi connectivity index (χ2v) is 10.1. The molecule has 1 aromatic carbocycles. The van der Waals surface area contributed by atoms with Crippen molar-refractivity contribution in [1.82, 2.24) is 4.83 Å². The molecule has 1 aromatic rings. The van der Waals surface area contributed by atoms with Crippen LogP contribution in [0.2, 0.25) is 0 Å². The summed E-state index contributed by atoms with van der Waals surface area (Å²) in [7, 11) is -4.00. The average Bonchev–Trinajstić information content (AvgIpc) is 2.96. The number of nitrogens with zero attached hydrogens (tertiary/aromatic N) is 1. The van der Waals surface area contributed by atoms with Crippen LogP contribution >= 0.6 is 7.52 Å². The molecule has 0 amide bonds. The third kappa shape index (κ3) is 7.61. The van der Waals surface area contributed by atoms with Crippen molar-refractivity contribution in [2.75, 3.05) is 12.7 Å². The van der Waals surface area contributed by atoms with Gasteiger partial charge < -0.3 is 25.4 Å². The number of unbranched alkanes of at least 4 members (excludes halogenated alkanes) is 1. The van der Waals surface area contributed by atoms with E-state index in [1.165, 1.54) is 0 Å². The Morgan fingerprint density at radius 2 is 1.80 bits per heavy atom. The topological polar surface area (TPSA) is 139 Å². The number of aliphatic hydroxyl groups excluding tert-OH is 2. The van der Waals surface area contributed by atoms with Crippen LogP contribution in [0, 0.1) is 11.8 Å². The summed E-state index contributed by atoms with van der Waals surface area (Å²) < 4.78 is 12.6. The van der Waals surface area contributed by atoms with Crippen molar-refractivity contribution >= 4 is 13.5 Å². The lowest BCUT2D eigenvalue weighted by atomic mass is 9.90. The van der Waals surface area contributed by atoms with E-state index in [1.54, 1.807) is 0 Å². The van der Waals surface area contributed by atoms with Crippen LogP contribution in [0.1, 0.15) is 37.7 Å². The molecule has 0 radical (unpaired) electrons. The van der Waals surface area contributed by atoms with Gasteiger partial charge in [-0.2, -0.15) is 0 Å². The zero-order valence-corrected chi connectivity index (χ0v) is 17.8. The van der Waals surface area contributed by atoms with Crippen LogP contribution in [-0.4, -0.2) is 61.1 Å². The molecule has 9 heteroatoms. The molecule has 1 fully saturated rings. The molecule has 2 unspecified atom stereocenters. The third-order valence-electron chi connectivity index (χ3n) is 5.63. The molecular weight excluding hydrogens is 409 g/mol. The number of carboxylic acids is 1. The van der Waals surface area contributed by atoms with Gasteiger partial charge in [0, 0.05) is 25.0 Å². The molecule has 5 N–H and O–H groups in total. The first-order chi connectivity index (χ1) is 14.2. The highest BCUT2D eigenvalue weighted by Gasteiger charge is 2.43. The molecule has 0 aromatic heterocycles. The normalized spacial score (nSPS) is 26.3. The van der Waals surface area contributed by atoms with E-state index in [0.717, 1.165) is 5.56 Å². The maximum absolute atomic E-state index is 12.6. The first-order valence-electron chi connectivity index (χ1n) is 10.3. The number of carboxylic acid groups (broad SMARTS) is 1. The molecule has 0 heterocycles. The molecule has 8 nitrogen and oxygen atoms in total. The van der Waals surface area contributed by atoms with E-state index in [4.69, 9.17) is 5.11 Å². The lowest BCUT2D eigenvalue weighted by Crippen LogP contribution is -2.33. The molecular formula is C21H32NO7P. The number of hydrogen-bond acceptors (Lipinski definition) is 5. The Hall–Kier alpha value is -1.54. The number of aliphatic carboxylic acids is 1. The van der Waals surface area contributed by atoms with Crippen molar-refractivity contribution < 1.29 is 34.8 Å². The van der Waals surface area contributed by atoms with Gasteiger partial charge in [0.1, 0.15) is 0 Å². The minimum absolute atomic E-state index is 0.0893. The van der Waals surface area contributed by atoms with Gasteiger partial charge in [-0.15, -0.1) is 4.83 Å². The largest absolute Gasteiger partial charge is 0.481 e. The van der Waals surface area contributed by atoms with E-state index in [0.29, 0.717) is 30.5 Å². The number of rotatable bonds is 12. The summed E-state index contributed by atoms with van der Waals surface area (Å²) >= 11 is 0. The molecule has 168 valence electrons. The molecule has 1 aliphatic carbocycles. The number of hydrogen-bond donors (Lipinski definition) is 5. The standard InChI is InChI=1S/C21H32NO7P/c23-19-14-20(24)18(17(19)10-6-1-2-7-11-21(25)26)15-22(27)30(28,29)13-12-16-8-4-3-5-9-16/h1,3-6,8-9,17-20,23-24,27H,2,7,10-15H2,(H,25,26)(H,28,29)/b6-1-/t17?,18-,19+,20-/m1/s1. The summed E-state index contributed by atoms with van der Waals surface area (Å²) in [6, 6.07) is 9.22. The SMILES string of the molecule is O=C(O)CCC/C=C\CC1[C@@H](CN(O)P(=O)(O)CCc2ccccc2)[C@H](O)C[C@@H]1O. The number of allylic oxidation sites excluding steroid dienone is 2. The molecule has 1 aliphatic rings. The van der Waals surface area contributed by atoms with Gasteiger partial charge in [-0.05, 0) is 43.6 Å². The summed E-state index contributed by atoms with van der Waals surface area (Å²) in [6.07, 6.45) is 4.02. The number of carbonyl (C=O) groups is 1. The van der Waals surface area contributed by atoms with E-state index in [1.807, 2.05) is 42.5 Å². The van der Waals surface area contributed by atoms with Crippen LogP contribution in [0.5, 0.6) is 0 Å². The number of aliphatic hydroxyl groups is 2. The van der Waals surface area contributed by atoms with Crippen molar-refractivity contribution in [2.45, 2.75) is 50.7 Å².